The van der Waals surface area contributed by atoms with Gasteiger partial charge >= 0.3 is 11.9 Å². The van der Waals surface area contributed by atoms with E-state index >= 15 is 0 Å². The van der Waals surface area contributed by atoms with Crippen LogP contribution in [0.3, 0.4) is 0 Å². The highest BCUT2D eigenvalue weighted by Gasteiger charge is 2.40. The summed E-state index contributed by atoms with van der Waals surface area (Å²) in [6.45, 7) is 3.67. The van der Waals surface area contributed by atoms with Crippen molar-refractivity contribution >= 4 is 23.6 Å². The Morgan fingerprint density at radius 1 is 0.920 bits per heavy atom. The number of hydrogen-bond acceptors (Lipinski definition) is 11. The van der Waals surface area contributed by atoms with Crippen LogP contribution >= 0.6 is 0 Å². The van der Waals surface area contributed by atoms with Crippen LogP contribution in [0.1, 0.15) is 116 Å². The van der Waals surface area contributed by atoms with Crippen LogP contribution < -0.4 is 10.1 Å². The first-order valence-electron chi connectivity index (χ1n) is 18.1. The average molecular weight is 705 g/mol. The van der Waals surface area contributed by atoms with E-state index in [0.29, 0.717) is 57.1 Å². The number of aliphatic hydroxyl groups excluding tert-OH is 2. The Morgan fingerprint density at radius 2 is 1.64 bits per heavy atom. The molecule has 280 valence electrons. The summed E-state index contributed by atoms with van der Waals surface area (Å²) in [4.78, 5) is 63.2. The number of amides is 1. The number of Topliss-reactive ketones (excluding diaryl/α,β-unsaturated/α-hetero) is 1. The van der Waals surface area contributed by atoms with E-state index in [1.165, 1.54) is 12.8 Å². The number of carbonyl (C=O) groups is 4. The van der Waals surface area contributed by atoms with Crippen molar-refractivity contribution in [1.82, 2.24) is 5.32 Å². The minimum absolute atomic E-state index is 0.0124. The Morgan fingerprint density at radius 3 is 2.36 bits per heavy atom. The number of carbonyl (C=O) groups excluding carboxylic acids is 4. The maximum Gasteiger partial charge on any atom is 0.333 e. The highest BCUT2D eigenvalue weighted by Crippen LogP contribution is 2.38. The van der Waals surface area contributed by atoms with Gasteiger partial charge in [0.15, 0.2) is 0 Å². The SMILES string of the molecule is CCCCCCCC(=O)CC[C@@H]1[C@@H](C/C=C\CCCC(=O)NC(C)C(=O)Oc2ccc(CCOC(=O)CCCO[N+](=O)[O-])cc2)[C@@H](O)C[C@H]1O. The molecule has 1 aromatic carbocycles. The number of benzene rings is 1. The van der Waals surface area contributed by atoms with Crippen LogP contribution in [0, 0.1) is 22.0 Å². The predicted octanol–water partition coefficient (Wildman–Crippen LogP) is 5.36. The van der Waals surface area contributed by atoms with Gasteiger partial charge in [0.25, 0.3) is 5.09 Å². The van der Waals surface area contributed by atoms with E-state index in [4.69, 9.17) is 9.47 Å². The normalized spacial score (nSPS) is 19.2. The minimum Gasteiger partial charge on any atom is -0.465 e. The predicted molar refractivity (Wildman–Crippen MR) is 185 cm³/mol. The van der Waals surface area contributed by atoms with E-state index in [-0.39, 0.29) is 56.0 Å². The Kier molecular flexibility index (Phi) is 20.6. The second-order valence-corrected chi connectivity index (χ2v) is 13.0. The van der Waals surface area contributed by atoms with Crippen molar-refractivity contribution < 1.29 is 48.8 Å². The second-order valence-electron chi connectivity index (χ2n) is 13.0. The molecule has 5 atom stereocenters. The number of ketones is 1. The van der Waals surface area contributed by atoms with Gasteiger partial charge in [-0.25, -0.2) is 4.79 Å². The molecule has 1 unspecified atom stereocenters. The molecule has 0 saturated heterocycles. The van der Waals surface area contributed by atoms with Crippen molar-refractivity contribution in [3.63, 3.8) is 0 Å². The lowest BCUT2D eigenvalue weighted by atomic mass is 9.86. The van der Waals surface area contributed by atoms with Crippen LogP contribution in [-0.2, 0) is 35.2 Å². The third kappa shape index (κ3) is 17.7. The largest absolute Gasteiger partial charge is 0.465 e. The first-order valence-corrected chi connectivity index (χ1v) is 18.1. The molecule has 2 rings (SSSR count). The second kappa shape index (κ2) is 24.3. The van der Waals surface area contributed by atoms with E-state index in [2.05, 4.69) is 17.1 Å². The lowest BCUT2D eigenvalue weighted by molar-refractivity contribution is -0.757. The van der Waals surface area contributed by atoms with Gasteiger partial charge in [-0.2, -0.15) is 0 Å². The molecule has 1 fully saturated rings. The third-order valence-corrected chi connectivity index (χ3v) is 8.94. The van der Waals surface area contributed by atoms with Gasteiger partial charge in [0.2, 0.25) is 5.91 Å². The molecule has 1 aliphatic carbocycles. The van der Waals surface area contributed by atoms with Crippen LogP contribution in [0.25, 0.3) is 0 Å². The number of aliphatic hydroxyl groups is 2. The molecule has 13 nitrogen and oxygen atoms in total. The molecule has 1 aliphatic rings. The first-order chi connectivity index (χ1) is 24.0. The number of ether oxygens (including phenoxy) is 2. The van der Waals surface area contributed by atoms with Crippen molar-refractivity contribution in [2.24, 2.45) is 11.8 Å². The number of rotatable bonds is 26. The molecule has 13 heteroatoms. The summed E-state index contributed by atoms with van der Waals surface area (Å²) < 4.78 is 10.5. The summed E-state index contributed by atoms with van der Waals surface area (Å²) in [5.74, 6) is -1.03. The van der Waals surface area contributed by atoms with Crippen LogP contribution in [0.2, 0.25) is 0 Å². The number of unbranched alkanes of at least 4 members (excludes halogenated alkanes) is 5. The molecular formula is C37H56N2O11. The van der Waals surface area contributed by atoms with E-state index in [9.17, 15) is 39.5 Å². The molecule has 3 N–H and O–H groups in total. The molecule has 0 radical (unpaired) electrons. The van der Waals surface area contributed by atoms with Crippen LogP contribution in [-0.4, -0.2) is 70.4 Å². The van der Waals surface area contributed by atoms with E-state index < -0.39 is 35.3 Å². The zero-order chi connectivity index (χ0) is 36.7. The molecule has 50 heavy (non-hydrogen) atoms. The van der Waals surface area contributed by atoms with Crippen molar-refractivity contribution in [1.29, 1.82) is 0 Å². The lowest BCUT2D eigenvalue weighted by Gasteiger charge is -2.22. The molecule has 0 heterocycles. The van der Waals surface area contributed by atoms with Gasteiger partial charge in [-0.3, -0.25) is 14.4 Å². The quantitative estimate of drug-likeness (QED) is 0.0281. The highest BCUT2D eigenvalue weighted by atomic mass is 16.9. The summed E-state index contributed by atoms with van der Waals surface area (Å²) in [6, 6.07) is 5.81. The fraction of sp³-hybridized carbons (Fsp3) is 0.676. The van der Waals surface area contributed by atoms with Gasteiger partial charge < -0.3 is 29.8 Å². The van der Waals surface area contributed by atoms with E-state index in [1.54, 1.807) is 31.2 Å². The van der Waals surface area contributed by atoms with Crippen molar-refractivity contribution in [2.45, 2.75) is 135 Å². The molecule has 1 amide bonds. The lowest BCUT2D eigenvalue weighted by Crippen LogP contribution is -2.40. The van der Waals surface area contributed by atoms with Crippen LogP contribution in [0.5, 0.6) is 5.75 Å². The Bertz CT molecular complexity index is 1220. The van der Waals surface area contributed by atoms with Gasteiger partial charge in [0, 0.05) is 32.1 Å². The fourth-order valence-corrected chi connectivity index (χ4v) is 6.05. The molecule has 1 aromatic rings. The Balaban J connectivity index is 1.62. The van der Waals surface area contributed by atoms with Crippen LogP contribution in [0.15, 0.2) is 36.4 Å². The standard InChI is InChI=1S/C37H56N2O11/c1-3-4-5-6-9-13-29(40)19-22-32-31(33(41)26-34(32)42)14-10-7-8-11-15-35(43)38-27(2)37(45)50-30-20-17-28(18-21-30)23-25-48-36(44)16-12-24-49-39(46)47/h7,10,17-18,20-21,27,31-34,41-42H,3-6,8-9,11-16,19,22-26H2,1-2H3,(H,38,43)/b10-7-/t27?,31-,32-,33+,34-/m1/s1. The summed E-state index contributed by atoms with van der Waals surface area (Å²) in [7, 11) is 0. The van der Waals surface area contributed by atoms with Crippen LogP contribution in [0.4, 0.5) is 0 Å². The monoisotopic (exact) mass is 704 g/mol. The zero-order valence-electron chi connectivity index (χ0n) is 29.6. The van der Waals surface area contributed by atoms with Gasteiger partial charge in [-0.15, -0.1) is 10.1 Å². The summed E-state index contributed by atoms with van der Waals surface area (Å²) in [5.41, 5.74) is 0.844. The van der Waals surface area contributed by atoms with Gasteiger partial charge in [0.1, 0.15) is 17.6 Å². The third-order valence-electron chi connectivity index (χ3n) is 8.94. The average Bonchev–Trinajstić information content (AvgIpc) is 3.35. The maximum atomic E-state index is 12.5. The smallest absolute Gasteiger partial charge is 0.333 e. The number of esters is 2. The van der Waals surface area contributed by atoms with Gasteiger partial charge in [-0.05, 0) is 81.4 Å². The molecular weight excluding hydrogens is 648 g/mol. The Labute approximate surface area is 295 Å². The molecule has 0 bridgehead atoms. The van der Waals surface area contributed by atoms with Gasteiger partial charge in [-0.1, -0.05) is 56.9 Å². The number of nitrogens with zero attached hydrogens (tertiary/aromatic N) is 1. The highest BCUT2D eigenvalue weighted by molar-refractivity contribution is 5.85. The number of allylic oxidation sites excluding steroid dienone is 2. The Hall–Kier alpha value is -3.84. The van der Waals surface area contributed by atoms with E-state index in [1.807, 2.05) is 12.2 Å². The molecule has 0 aliphatic heterocycles. The summed E-state index contributed by atoms with van der Waals surface area (Å²) >= 11 is 0. The molecule has 1 saturated carbocycles. The first kappa shape index (κ1) is 42.3. The van der Waals surface area contributed by atoms with Crippen molar-refractivity contribution in [2.75, 3.05) is 13.2 Å². The van der Waals surface area contributed by atoms with Gasteiger partial charge in [0.05, 0.1) is 25.4 Å². The topological polar surface area (TPSA) is 192 Å². The number of nitrogens with one attached hydrogen (secondary N) is 1. The minimum atomic E-state index is -0.912. The van der Waals surface area contributed by atoms with Crippen molar-refractivity contribution in [3.8, 4) is 5.75 Å². The fourth-order valence-electron chi connectivity index (χ4n) is 6.05. The number of hydrogen-bond donors (Lipinski definition) is 3. The summed E-state index contributed by atoms with van der Waals surface area (Å²) in [6.07, 6.45) is 12.9. The molecule has 0 aromatic heterocycles. The maximum absolute atomic E-state index is 12.5. The summed E-state index contributed by atoms with van der Waals surface area (Å²) in [5, 5.41) is 32.9. The molecule has 0 spiro atoms. The zero-order valence-corrected chi connectivity index (χ0v) is 29.6. The van der Waals surface area contributed by atoms with E-state index in [0.717, 1.165) is 24.8 Å². The van der Waals surface area contributed by atoms with Crippen molar-refractivity contribution in [3.05, 3.63) is 52.1 Å².